The standard InChI is InChI=1S/C22H31F2N3O2/c23-22(24)10-14-26(15-11-22)16-21(28)25-17-4-6-19(7-5-17)29-20-8-12-27(13-9-20)18-2-1-3-18/h4-7,18,20H,1-3,8-16H2,(H,25,28). The van der Waals surface area contributed by atoms with E-state index < -0.39 is 5.92 Å². The van der Waals surface area contributed by atoms with E-state index in [4.69, 9.17) is 4.74 Å². The minimum Gasteiger partial charge on any atom is -0.490 e. The molecule has 7 heteroatoms. The van der Waals surface area contributed by atoms with Gasteiger partial charge in [-0.2, -0.15) is 0 Å². The zero-order valence-electron chi connectivity index (χ0n) is 16.9. The second-order valence-corrected chi connectivity index (χ2v) is 8.64. The lowest BCUT2D eigenvalue weighted by atomic mass is 9.90. The molecule has 3 fully saturated rings. The average Bonchev–Trinajstić information content (AvgIpc) is 2.65. The van der Waals surface area contributed by atoms with Gasteiger partial charge in [0.15, 0.2) is 0 Å². The van der Waals surface area contributed by atoms with Gasteiger partial charge in [0, 0.05) is 50.7 Å². The van der Waals surface area contributed by atoms with Gasteiger partial charge in [0.25, 0.3) is 5.92 Å². The van der Waals surface area contributed by atoms with Crippen molar-refractivity contribution in [3.05, 3.63) is 24.3 Å². The van der Waals surface area contributed by atoms with Crippen LogP contribution >= 0.6 is 0 Å². The lowest BCUT2D eigenvalue weighted by Gasteiger charge is -2.41. The number of piperidine rings is 2. The van der Waals surface area contributed by atoms with Gasteiger partial charge in [0.1, 0.15) is 11.9 Å². The van der Waals surface area contributed by atoms with Crippen LogP contribution in [-0.4, -0.2) is 66.5 Å². The Morgan fingerprint density at radius 1 is 1.03 bits per heavy atom. The van der Waals surface area contributed by atoms with Gasteiger partial charge in [0.05, 0.1) is 6.54 Å². The molecule has 1 saturated carbocycles. The van der Waals surface area contributed by atoms with Crippen molar-refractivity contribution in [1.29, 1.82) is 0 Å². The topological polar surface area (TPSA) is 44.8 Å². The van der Waals surface area contributed by atoms with Gasteiger partial charge in [-0.05, 0) is 49.9 Å². The number of amides is 1. The fourth-order valence-electron chi connectivity index (χ4n) is 4.36. The summed E-state index contributed by atoms with van der Waals surface area (Å²) in [7, 11) is 0. The monoisotopic (exact) mass is 407 g/mol. The molecule has 0 spiro atoms. The van der Waals surface area contributed by atoms with Crippen molar-refractivity contribution in [1.82, 2.24) is 9.80 Å². The van der Waals surface area contributed by atoms with E-state index in [1.165, 1.54) is 19.3 Å². The van der Waals surface area contributed by atoms with E-state index >= 15 is 0 Å². The summed E-state index contributed by atoms with van der Waals surface area (Å²) in [5.74, 6) is -1.94. The third-order valence-electron chi connectivity index (χ3n) is 6.46. The van der Waals surface area contributed by atoms with Crippen LogP contribution in [0.5, 0.6) is 5.75 Å². The second-order valence-electron chi connectivity index (χ2n) is 8.64. The van der Waals surface area contributed by atoms with E-state index in [0.717, 1.165) is 37.7 Å². The molecule has 1 aromatic carbocycles. The maximum Gasteiger partial charge on any atom is 0.250 e. The van der Waals surface area contributed by atoms with Crippen molar-refractivity contribution in [3.63, 3.8) is 0 Å². The van der Waals surface area contributed by atoms with Gasteiger partial charge in [-0.15, -0.1) is 0 Å². The van der Waals surface area contributed by atoms with Gasteiger partial charge < -0.3 is 15.0 Å². The number of alkyl halides is 2. The van der Waals surface area contributed by atoms with Crippen LogP contribution in [-0.2, 0) is 4.79 Å². The Hall–Kier alpha value is -1.73. The number of hydrogen-bond donors (Lipinski definition) is 1. The molecule has 3 aliphatic rings. The maximum atomic E-state index is 13.2. The van der Waals surface area contributed by atoms with E-state index in [9.17, 15) is 13.6 Å². The van der Waals surface area contributed by atoms with Gasteiger partial charge in [-0.25, -0.2) is 8.78 Å². The molecule has 29 heavy (non-hydrogen) atoms. The number of likely N-dealkylation sites (tertiary alicyclic amines) is 2. The summed E-state index contributed by atoms with van der Waals surface area (Å²) in [6.07, 6.45) is 6.10. The first kappa shape index (κ1) is 20.5. The van der Waals surface area contributed by atoms with Gasteiger partial charge in [-0.3, -0.25) is 9.69 Å². The highest BCUT2D eigenvalue weighted by molar-refractivity contribution is 5.92. The molecule has 5 nitrogen and oxygen atoms in total. The SMILES string of the molecule is O=C(CN1CCC(F)(F)CC1)Nc1ccc(OC2CCN(C3CCC3)CC2)cc1. The summed E-state index contributed by atoms with van der Waals surface area (Å²) in [6.45, 7) is 2.89. The Labute approximate surface area is 171 Å². The van der Waals surface area contributed by atoms with Crippen molar-refractivity contribution < 1.29 is 18.3 Å². The van der Waals surface area contributed by atoms with E-state index in [2.05, 4.69) is 10.2 Å². The third-order valence-corrected chi connectivity index (χ3v) is 6.46. The molecule has 1 N–H and O–H groups in total. The molecule has 0 radical (unpaired) electrons. The molecule has 0 bridgehead atoms. The highest BCUT2D eigenvalue weighted by Crippen LogP contribution is 2.29. The first-order chi connectivity index (χ1) is 14.0. The van der Waals surface area contributed by atoms with Crippen LogP contribution in [0.4, 0.5) is 14.5 Å². The minimum absolute atomic E-state index is 0.147. The number of ether oxygens (including phenoxy) is 1. The van der Waals surface area contributed by atoms with Crippen molar-refractivity contribution in [3.8, 4) is 5.75 Å². The Morgan fingerprint density at radius 2 is 1.69 bits per heavy atom. The zero-order valence-corrected chi connectivity index (χ0v) is 16.9. The molecule has 0 aromatic heterocycles. The first-order valence-corrected chi connectivity index (χ1v) is 10.9. The number of rotatable bonds is 6. The highest BCUT2D eigenvalue weighted by Gasteiger charge is 2.34. The molecule has 2 aliphatic heterocycles. The number of anilines is 1. The normalized spacial score (nSPS) is 24.1. The minimum atomic E-state index is -2.59. The van der Waals surface area contributed by atoms with Crippen LogP contribution in [0, 0.1) is 0 Å². The van der Waals surface area contributed by atoms with Crippen molar-refractivity contribution in [2.75, 3.05) is 38.0 Å². The lowest BCUT2D eigenvalue weighted by Crippen LogP contribution is -2.46. The molecule has 4 rings (SSSR count). The predicted octanol–water partition coefficient (Wildman–Crippen LogP) is 3.75. The van der Waals surface area contributed by atoms with Crippen LogP contribution in [0.3, 0.4) is 0 Å². The van der Waals surface area contributed by atoms with Gasteiger partial charge >= 0.3 is 0 Å². The molecule has 2 heterocycles. The quantitative estimate of drug-likeness (QED) is 0.780. The number of benzene rings is 1. The molecular weight excluding hydrogens is 376 g/mol. The van der Waals surface area contributed by atoms with Crippen LogP contribution in [0.1, 0.15) is 44.9 Å². The summed E-state index contributed by atoms with van der Waals surface area (Å²) in [4.78, 5) is 16.6. The van der Waals surface area contributed by atoms with E-state index in [0.29, 0.717) is 5.69 Å². The first-order valence-electron chi connectivity index (χ1n) is 10.9. The van der Waals surface area contributed by atoms with Gasteiger partial charge in [0.2, 0.25) is 5.91 Å². The molecule has 0 atom stereocenters. The van der Waals surface area contributed by atoms with Crippen LogP contribution < -0.4 is 10.1 Å². The summed E-state index contributed by atoms with van der Waals surface area (Å²) < 4.78 is 32.5. The van der Waals surface area contributed by atoms with Crippen molar-refractivity contribution in [2.45, 2.75) is 63.0 Å². The average molecular weight is 408 g/mol. The number of nitrogens with zero attached hydrogens (tertiary/aromatic N) is 2. The Balaban J connectivity index is 1.18. The second kappa shape index (κ2) is 8.96. The fraction of sp³-hybridized carbons (Fsp3) is 0.682. The molecule has 1 aliphatic carbocycles. The molecule has 160 valence electrons. The summed E-state index contributed by atoms with van der Waals surface area (Å²) >= 11 is 0. The number of carbonyl (C=O) groups is 1. The van der Waals surface area contributed by atoms with Gasteiger partial charge in [-0.1, -0.05) is 6.42 Å². The Bertz CT molecular complexity index is 676. The number of hydrogen-bond acceptors (Lipinski definition) is 4. The van der Waals surface area contributed by atoms with Crippen LogP contribution in [0.25, 0.3) is 0 Å². The molecule has 1 aromatic rings. The van der Waals surface area contributed by atoms with E-state index in [-0.39, 0.29) is 44.5 Å². The predicted molar refractivity (Wildman–Crippen MR) is 109 cm³/mol. The number of nitrogens with one attached hydrogen (secondary N) is 1. The highest BCUT2D eigenvalue weighted by atomic mass is 19.3. The van der Waals surface area contributed by atoms with Crippen LogP contribution in [0.15, 0.2) is 24.3 Å². The molecule has 0 unspecified atom stereocenters. The smallest absolute Gasteiger partial charge is 0.250 e. The fourth-order valence-corrected chi connectivity index (χ4v) is 4.36. The summed E-state index contributed by atoms with van der Waals surface area (Å²) in [5, 5.41) is 2.84. The largest absolute Gasteiger partial charge is 0.490 e. The van der Waals surface area contributed by atoms with Crippen LogP contribution in [0.2, 0.25) is 0 Å². The summed E-state index contributed by atoms with van der Waals surface area (Å²) in [6, 6.07) is 8.24. The summed E-state index contributed by atoms with van der Waals surface area (Å²) in [5.41, 5.74) is 0.699. The molecule has 1 amide bonds. The number of carbonyl (C=O) groups excluding carboxylic acids is 1. The van der Waals surface area contributed by atoms with E-state index in [1.807, 2.05) is 24.3 Å². The molecular formula is C22H31F2N3O2. The molecule has 2 saturated heterocycles. The van der Waals surface area contributed by atoms with Crippen molar-refractivity contribution >= 4 is 11.6 Å². The van der Waals surface area contributed by atoms with E-state index in [1.54, 1.807) is 4.90 Å². The third kappa shape index (κ3) is 5.66. The maximum absolute atomic E-state index is 13.2. The zero-order chi connectivity index (χ0) is 20.3. The van der Waals surface area contributed by atoms with Crippen molar-refractivity contribution in [2.24, 2.45) is 0 Å². The Kier molecular flexibility index (Phi) is 6.35. The number of halogens is 2. The Morgan fingerprint density at radius 3 is 2.28 bits per heavy atom. The lowest BCUT2D eigenvalue weighted by molar-refractivity contribution is -0.119.